The second kappa shape index (κ2) is 4.39. The molecule has 0 radical (unpaired) electrons. The molecule has 4 heteroatoms. The fraction of sp³-hybridized carbons (Fsp3) is 0.385. The van der Waals surface area contributed by atoms with Crippen LogP contribution in [0, 0.1) is 0 Å². The van der Waals surface area contributed by atoms with E-state index in [2.05, 4.69) is 29.0 Å². The average molecular weight is 265 g/mol. The summed E-state index contributed by atoms with van der Waals surface area (Å²) in [5, 5.41) is 0.647. The predicted molar refractivity (Wildman–Crippen MR) is 71.8 cm³/mol. The molecule has 1 aliphatic carbocycles. The van der Waals surface area contributed by atoms with Gasteiger partial charge in [0.25, 0.3) is 0 Å². The van der Waals surface area contributed by atoms with Crippen molar-refractivity contribution in [3.63, 3.8) is 0 Å². The average Bonchev–Trinajstić information content (AvgIpc) is 2.97. The van der Waals surface area contributed by atoms with Gasteiger partial charge in [0, 0.05) is 16.1 Å². The van der Waals surface area contributed by atoms with E-state index in [0.717, 1.165) is 47.6 Å². The summed E-state index contributed by atoms with van der Waals surface area (Å²) in [7, 11) is 0. The lowest BCUT2D eigenvalue weighted by atomic mass is 10.2. The number of aryl methyl sites for hydroxylation is 2. The van der Waals surface area contributed by atoms with Crippen LogP contribution < -0.4 is 0 Å². The van der Waals surface area contributed by atoms with Crippen molar-refractivity contribution in [3.8, 4) is 10.7 Å². The molecule has 2 heterocycles. The Hall–Kier alpha value is -0.930. The van der Waals surface area contributed by atoms with Crippen LogP contribution in [-0.2, 0) is 19.3 Å². The highest BCUT2D eigenvalue weighted by Gasteiger charge is 2.19. The van der Waals surface area contributed by atoms with Crippen LogP contribution in [0.15, 0.2) is 12.1 Å². The molecule has 88 valence electrons. The highest BCUT2D eigenvalue weighted by atomic mass is 35.5. The number of aromatic nitrogens is 2. The molecule has 0 unspecified atom stereocenters. The summed E-state index contributed by atoms with van der Waals surface area (Å²) in [4.78, 5) is 11.6. The van der Waals surface area contributed by atoms with E-state index in [1.165, 1.54) is 4.88 Å². The van der Waals surface area contributed by atoms with Crippen LogP contribution in [-0.4, -0.2) is 9.97 Å². The van der Waals surface area contributed by atoms with E-state index in [0.29, 0.717) is 5.15 Å². The van der Waals surface area contributed by atoms with Gasteiger partial charge in [0.05, 0.1) is 4.88 Å². The maximum atomic E-state index is 6.22. The Morgan fingerprint density at radius 2 is 2.18 bits per heavy atom. The molecule has 0 saturated heterocycles. The van der Waals surface area contributed by atoms with Gasteiger partial charge in [0.1, 0.15) is 5.15 Å². The number of fused-ring (bicyclic) bond motifs is 1. The summed E-state index contributed by atoms with van der Waals surface area (Å²) in [6.07, 6.45) is 4.27. The van der Waals surface area contributed by atoms with Crippen molar-refractivity contribution in [1.82, 2.24) is 9.97 Å². The van der Waals surface area contributed by atoms with E-state index in [4.69, 9.17) is 11.6 Å². The molecule has 0 atom stereocenters. The third-order valence-corrected chi connectivity index (χ3v) is 4.65. The number of thiophene rings is 1. The topological polar surface area (TPSA) is 25.8 Å². The van der Waals surface area contributed by atoms with E-state index in [9.17, 15) is 0 Å². The fourth-order valence-electron chi connectivity index (χ4n) is 2.18. The molecule has 17 heavy (non-hydrogen) atoms. The quantitative estimate of drug-likeness (QED) is 0.769. The summed E-state index contributed by atoms with van der Waals surface area (Å²) in [5.74, 6) is 0.792. The van der Waals surface area contributed by atoms with Crippen molar-refractivity contribution in [2.24, 2.45) is 0 Å². The van der Waals surface area contributed by atoms with Crippen molar-refractivity contribution in [1.29, 1.82) is 0 Å². The van der Waals surface area contributed by atoms with Gasteiger partial charge in [-0.15, -0.1) is 11.3 Å². The van der Waals surface area contributed by atoms with Crippen LogP contribution in [0.2, 0.25) is 5.15 Å². The summed E-state index contributed by atoms with van der Waals surface area (Å²) in [5.41, 5.74) is 2.30. The summed E-state index contributed by atoms with van der Waals surface area (Å²) in [6.45, 7) is 2.16. The summed E-state index contributed by atoms with van der Waals surface area (Å²) >= 11 is 7.98. The molecular formula is C13H13ClN2S. The van der Waals surface area contributed by atoms with Crippen molar-refractivity contribution in [2.75, 3.05) is 0 Å². The van der Waals surface area contributed by atoms with Gasteiger partial charge in [0.2, 0.25) is 0 Å². The van der Waals surface area contributed by atoms with E-state index >= 15 is 0 Å². The van der Waals surface area contributed by atoms with Gasteiger partial charge < -0.3 is 0 Å². The smallest absolute Gasteiger partial charge is 0.171 e. The lowest BCUT2D eigenvalue weighted by Crippen LogP contribution is -1.96. The Kier molecular flexibility index (Phi) is 2.89. The van der Waals surface area contributed by atoms with Gasteiger partial charge >= 0.3 is 0 Å². The first-order valence-corrected chi connectivity index (χ1v) is 7.11. The number of nitrogens with zero attached hydrogens (tertiary/aromatic N) is 2. The van der Waals surface area contributed by atoms with E-state index < -0.39 is 0 Å². The van der Waals surface area contributed by atoms with Gasteiger partial charge in [-0.05, 0) is 37.8 Å². The van der Waals surface area contributed by atoms with Gasteiger partial charge in [-0.2, -0.15) is 0 Å². The normalized spacial score (nSPS) is 14.0. The van der Waals surface area contributed by atoms with Gasteiger partial charge in [0.15, 0.2) is 5.82 Å². The third-order valence-electron chi connectivity index (χ3n) is 3.11. The predicted octanol–water partition coefficient (Wildman–Crippen LogP) is 3.91. The molecule has 0 aromatic carbocycles. The number of hydrogen-bond donors (Lipinski definition) is 0. The second-order valence-electron chi connectivity index (χ2n) is 4.24. The standard InChI is InChI=1S/C13H13ClN2S/c1-2-8-6-7-11(17-8)13-15-10-5-3-4-9(10)12(14)16-13/h6-7H,2-5H2,1H3. The molecule has 2 aromatic rings. The first kappa shape index (κ1) is 11.2. The molecule has 0 saturated carbocycles. The third kappa shape index (κ3) is 1.98. The minimum Gasteiger partial charge on any atom is -0.232 e. The Bertz CT molecular complexity index is 563. The highest BCUT2D eigenvalue weighted by Crippen LogP contribution is 2.31. The molecule has 1 aliphatic rings. The maximum absolute atomic E-state index is 6.22. The molecule has 2 nitrogen and oxygen atoms in total. The zero-order valence-corrected chi connectivity index (χ0v) is 11.2. The lowest BCUT2D eigenvalue weighted by Gasteiger charge is -2.03. The van der Waals surface area contributed by atoms with Gasteiger partial charge in [-0.3, -0.25) is 0 Å². The zero-order chi connectivity index (χ0) is 11.8. The van der Waals surface area contributed by atoms with E-state index in [-0.39, 0.29) is 0 Å². The van der Waals surface area contributed by atoms with Crippen LogP contribution in [0.4, 0.5) is 0 Å². The lowest BCUT2D eigenvalue weighted by molar-refractivity contribution is 0.900. The Morgan fingerprint density at radius 3 is 2.94 bits per heavy atom. The minimum atomic E-state index is 0.647. The van der Waals surface area contributed by atoms with Crippen molar-refractivity contribution >= 4 is 22.9 Å². The number of hydrogen-bond acceptors (Lipinski definition) is 3. The van der Waals surface area contributed by atoms with E-state index in [1.54, 1.807) is 11.3 Å². The zero-order valence-electron chi connectivity index (χ0n) is 9.66. The van der Waals surface area contributed by atoms with E-state index in [1.807, 2.05) is 0 Å². The molecule has 0 N–H and O–H groups in total. The van der Waals surface area contributed by atoms with Crippen LogP contribution in [0.25, 0.3) is 10.7 Å². The molecular weight excluding hydrogens is 252 g/mol. The first-order valence-electron chi connectivity index (χ1n) is 5.92. The number of rotatable bonds is 2. The first-order chi connectivity index (χ1) is 8.28. The summed E-state index contributed by atoms with van der Waals surface area (Å²) < 4.78 is 0. The van der Waals surface area contributed by atoms with Crippen molar-refractivity contribution in [3.05, 3.63) is 33.4 Å². The minimum absolute atomic E-state index is 0.647. The molecule has 3 rings (SSSR count). The summed E-state index contributed by atoms with van der Waals surface area (Å²) in [6, 6.07) is 4.24. The van der Waals surface area contributed by atoms with Crippen LogP contribution in [0.3, 0.4) is 0 Å². The fourth-order valence-corrected chi connectivity index (χ4v) is 3.35. The molecule has 0 fully saturated rings. The molecule has 0 amide bonds. The molecule has 0 bridgehead atoms. The SMILES string of the molecule is CCc1ccc(-c2nc(Cl)c3c(n2)CCC3)s1. The highest BCUT2D eigenvalue weighted by molar-refractivity contribution is 7.15. The Labute approximate surface area is 110 Å². The Balaban J connectivity index is 2.06. The molecule has 2 aromatic heterocycles. The van der Waals surface area contributed by atoms with Crippen molar-refractivity contribution in [2.45, 2.75) is 32.6 Å². The van der Waals surface area contributed by atoms with Gasteiger partial charge in [-0.25, -0.2) is 9.97 Å². The second-order valence-corrected chi connectivity index (χ2v) is 5.76. The molecule has 0 spiro atoms. The van der Waals surface area contributed by atoms with Gasteiger partial charge in [-0.1, -0.05) is 18.5 Å². The molecule has 0 aliphatic heterocycles. The van der Waals surface area contributed by atoms with Crippen LogP contribution >= 0.6 is 22.9 Å². The number of halogens is 1. The Morgan fingerprint density at radius 1 is 1.29 bits per heavy atom. The van der Waals surface area contributed by atoms with Crippen LogP contribution in [0.5, 0.6) is 0 Å². The monoisotopic (exact) mass is 264 g/mol. The van der Waals surface area contributed by atoms with Crippen molar-refractivity contribution < 1.29 is 0 Å². The largest absolute Gasteiger partial charge is 0.232 e. The maximum Gasteiger partial charge on any atom is 0.171 e. The van der Waals surface area contributed by atoms with Crippen LogP contribution in [0.1, 0.15) is 29.5 Å².